The smallest absolute Gasteiger partial charge is 0.353 e. The minimum atomic E-state index is -0.434. The van der Waals surface area contributed by atoms with Crippen LogP contribution in [0, 0.1) is 0 Å². The Hall–Kier alpha value is -2.44. The standard InChI is InChI=1S/C16H10O4S2/c17-15(13-6-2-8-21-13)19-11-4-1-5-12(10-11)20-16(18)14-7-3-9-22-14/h1-10H. The van der Waals surface area contributed by atoms with Crippen LogP contribution in [0.25, 0.3) is 0 Å². The van der Waals surface area contributed by atoms with Crippen molar-refractivity contribution in [2.75, 3.05) is 0 Å². The number of carbonyl (C=O) groups excluding carboxylic acids is 2. The molecular formula is C16H10O4S2. The molecule has 2 aromatic heterocycles. The maximum atomic E-state index is 11.9. The average molecular weight is 330 g/mol. The summed E-state index contributed by atoms with van der Waals surface area (Å²) < 4.78 is 10.5. The van der Waals surface area contributed by atoms with Gasteiger partial charge in [-0.1, -0.05) is 18.2 Å². The van der Waals surface area contributed by atoms with Crippen molar-refractivity contribution in [3.8, 4) is 11.5 Å². The van der Waals surface area contributed by atoms with Gasteiger partial charge in [-0.05, 0) is 35.0 Å². The third kappa shape index (κ3) is 3.41. The number of thiophene rings is 2. The van der Waals surface area contributed by atoms with Gasteiger partial charge >= 0.3 is 11.9 Å². The third-order valence-electron chi connectivity index (χ3n) is 2.67. The first-order valence-electron chi connectivity index (χ1n) is 6.34. The number of ether oxygens (including phenoxy) is 2. The Bertz CT molecular complexity index is 713. The van der Waals surface area contributed by atoms with E-state index in [0.717, 1.165) is 0 Å². The molecule has 3 aromatic rings. The lowest BCUT2D eigenvalue weighted by Crippen LogP contribution is -2.08. The van der Waals surface area contributed by atoms with Crippen molar-refractivity contribution in [1.82, 2.24) is 0 Å². The minimum Gasteiger partial charge on any atom is -0.422 e. The molecule has 2 heterocycles. The van der Waals surface area contributed by atoms with E-state index >= 15 is 0 Å². The third-order valence-corrected chi connectivity index (χ3v) is 4.37. The molecule has 6 heteroatoms. The monoisotopic (exact) mass is 330 g/mol. The molecule has 1 aromatic carbocycles. The molecule has 0 saturated carbocycles. The molecule has 0 aliphatic rings. The molecular weight excluding hydrogens is 320 g/mol. The molecule has 0 aliphatic heterocycles. The molecule has 0 atom stereocenters. The first-order chi connectivity index (χ1) is 10.7. The molecule has 3 rings (SSSR count). The summed E-state index contributed by atoms with van der Waals surface area (Å²) >= 11 is 2.61. The molecule has 0 bridgehead atoms. The quantitative estimate of drug-likeness (QED) is 0.530. The van der Waals surface area contributed by atoms with Gasteiger partial charge in [0, 0.05) is 6.07 Å². The fourth-order valence-electron chi connectivity index (χ4n) is 1.71. The Morgan fingerprint density at radius 3 is 1.64 bits per heavy atom. The van der Waals surface area contributed by atoms with E-state index in [-0.39, 0.29) is 0 Å². The van der Waals surface area contributed by atoms with Gasteiger partial charge in [-0.25, -0.2) is 9.59 Å². The molecule has 0 fully saturated rings. The van der Waals surface area contributed by atoms with Crippen LogP contribution >= 0.6 is 22.7 Å². The SMILES string of the molecule is O=C(Oc1cccc(OC(=O)c2cccs2)c1)c1cccs1. The summed E-state index contributed by atoms with van der Waals surface area (Å²) in [7, 11) is 0. The Kier molecular flexibility index (Phi) is 4.32. The summed E-state index contributed by atoms with van der Waals surface area (Å²) in [6.07, 6.45) is 0. The molecule has 4 nitrogen and oxygen atoms in total. The number of benzene rings is 1. The fourth-order valence-corrected chi connectivity index (χ4v) is 2.90. The largest absolute Gasteiger partial charge is 0.422 e. The highest BCUT2D eigenvalue weighted by atomic mass is 32.1. The molecule has 0 spiro atoms. The average Bonchev–Trinajstić information content (AvgIpc) is 3.21. The van der Waals surface area contributed by atoms with E-state index in [9.17, 15) is 9.59 Å². The van der Waals surface area contributed by atoms with Crippen molar-refractivity contribution in [1.29, 1.82) is 0 Å². The second-order valence-corrected chi connectivity index (χ2v) is 6.10. The highest BCUT2D eigenvalue weighted by Gasteiger charge is 2.12. The van der Waals surface area contributed by atoms with Gasteiger partial charge in [-0.15, -0.1) is 22.7 Å². The Morgan fingerprint density at radius 2 is 1.23 bits per heavy atom. The van der Waals surface area contributed by atoms with E-state index in [1.807, 2.05) is 0 Å². The maximum Gasteiger partial charge on any atom is 0.353 e. The van der Waals surface area contributed by atoms with Crippen LogP contribution in [0.5, 0.6) is 11.5 Å². The normalized spacial score (nSPS) is 10.2. The van der Waals surface area contributed by atoms with Crippen molar-refractivity contribution >= 4 is 34.6 Å². The van der Waals surface area contributed by atoms with Crippen molar-refractivity contribution in [3.05, 3.63) is 69.0 Å². The second-order valence-electron chi connectivity index (χ2n) is 4.21. The number of esters is 2. The van der Waals surface area contributed by atoms with Crippen LogP contribution in [-0.2, 0) is 0 Å². The highest BCUT2D eigenvalue weighted by molar-refractivity contribution is 7.12. The molecule has 0 unspecified atom stereocenters. The zero-order valence-corrected chi connectivity index (χ0v) is 12.9. The zero-order chi connectivity index (χ0) is 15.4. The van der Waals surface area contributed by atoms with Gasteiger partial charge in [0.05, 0.1) is 0 Å². The van der Waals surface area contributed by atoms with E-state index in [1.165, 1.54) is 28.7 Å². The predicted molar refractivity (Wildman–Crippen MR) is 85.0 cm³/mol. The lowest BCUT2D eigenvalue weighted by Gasteiger charge is -2.06. The zero-order valence-electron chi connectivity index (χ0n) is 11.2. The molecule has 0 N–H and O–H groups in total. The molecule has 0 saturated heterocycles. The van der Waals surface area contributed by atoms with E-state index in [1.54, 1.807) is 53.2 Å². The van der Waals surface area contributed by atoms with E-state index in [2.05, 4.69) is 0 Å². The van der Waals surface area contributed by atoms with Crippen molar-refractivity contribution in [2.24, 2.45) is 0 Å². The first kappa shape index (κ1) is 14.5. The topological polar surface area (TPSA) is 52.6 Å². The van der Waals surface area contributed by atoms with Gasteiger partial charge in [-0.2, -0.15) is 0 Å². The number of rotatable bonds is 4. The highest BCUT2D eigenvalue weighted by Crippen LogP contribution is 2.23. The Labute approximate surface area is 134 Å². The Morgan fingerprint density at radius 1 is 0.727 bits per heavy atom. The second kappa shape index (κ2) is 6.55. The summed E-state index contributed by atoms with van der Waals surface area (Å²) in [5, 5.41) is 3.60. The van der Waals surface area contributed by atoms with Crippen LogP contribution in [0.3, 0.4) is 0 Å². The Balaban J connectivity index is 1.70. The lowest BCUT2D eigenvalue weighted by atomic mass is 10.3. The van der Waals surface area contributed by atoms with E-state index < -0.39 is 11.9 Å². The van der Waals surface area contributed by atoms with Gasteiger partial charge in [0.2, 0.25) is 0 Å². The van der Waals surface area contributed by atoms with E-state index in [0.29, 0.717) is 21.3 Å². The number of carbonyl (C=O) groups is 2. The molecule has 0 aliphatic carbocycles. The van der Waals surface area contributed by atoms with Crippen LogP contribution in [0.4, 0.5) is 0 Å². The predicted octanol–water partition coefficient (Wildman–Crippen LogP) is 4.25. The van der Waals surface area contributed by atoms with Gasteiger partial charge < -0.3 is 9.47 Å². The summed E-state index contributed by atoms with van der Waals surface area (Å²) in [4.78, 5) is 24.8. The van der Waals surface area contributed by atoms with E-state index in [4.69, 9.17) is 9.47 Å². The first-order valence-corrected chi connectivity index (χ1v) is 8.10. The summed E-state index contributed by atoms with van der Waals surface area (Å²) in [6, 6.07) is 13.4. The van der Waals surface area contributed by atoms with Gasteiger partial charge in [0.15, 0.2) is 0 Å². The molecule has 110 valence electrons. The van der Waals surface area contributed by atoms with Crippen LogP contribution < -0.4 is 9.47 Å². The minimum absolute atomic E-state index is 0.329. The van der Waals surface area contributed by atoms with Crippen LogP contribution in [0.1, 0.15) is 19.3 Å². The summed E-state index contributed by atoms with van der Waals surface area (Å²) in [5.41, 5.74) is 0. The molecule has 22 heavy (non-hydrogen) atoms. The number of hydrogen-bond donors (Lipinski definition) is 0. The van der Waals surface area contributed by atoms with Crippen LogP contribution in [-0.4, -0.2) is 11.9 Å². The fraction of sp³-hybridized carbons (Fsp3) is 0. The van der Waals surface area contributed by atoms with Crippen LogP contribution in [0.2, 0.25) is 0 Å². The summed E-state index contributed by atoms with van der Waals surface area (Å²) in [5.74, 6) is -0.210. The maximum absolute atomic E-state index is 11.9. The lowest BCUT2D eigenvalue weighted by molar-refractivity contribution is 0.0738. The van der Waals surface area contributed by atoms with Crippen molar-refractivity contribution in [3.63, 3.8) is 0 Å². The van der Waals surface area contributed by atoms with Crippen molar-refractivity contribution in [2.45, 2.75) is 0 Å². The van der Waals surface area contributed by atoms with Crippen LogP contribution in [0.15, 0.2) is 59.3 Å². The van der Waals surface area contributed by atoms with Gasteiger partial charge in [0.25, 0.3) is 0 Å². The molecule has 0 amide bonds. The number of hydrogen-bond acceptors (Lipinski definition) is 6. The molecule has 0 radical (unpaired) electrons. The van der Waals surface area contributed by atoms with Gasteiger partial charge in [-0.3, -0.25) is 0 Å². The van der Waals surface area contributed by atoms with Crippen molar-refractivity contribution < 1.29 is 19.1 Å². The van der Waals surface area contributed by atoms with Gasteiger partial charge in [0.1, 0.15) is 21.3 Å². The summed E-state index contributed by atoms with van der Waals surface area (Å²) in [6.45, 7) is 0.